The van der Waals surface area contributed by atoms with E-state index in [1.165, 1.54) is 6.07 Å². The average molecular weight is 222 g/mol. The van der Waals surface area contributed by atoms with Crippen LogP contribution in [0.3, 0.4) is 0 Å². The highest BCUT2D eigenvalue weighted by atomic mass is 16.6. The molecule has 1 aliphatic rings. The van der Waals surface area contributed by atoms with E-state index in [1.807, 2.05) is 13.0 Å². The summed E-state index contributed by atoms with van der Waals surface area (Å²) in [5.41, 5.74) is 1.41. The Kier molecular flexibility index (Phi) is 2.78. The number of phenolic OH excluding ortho intramolecular Hbond substituents is 1. The second-order valence-electron chi connectivity index (χ2n) is 4.02. The normalized spacial score (nSPS) is 15.8. The van der Waals surface area contributed by atoms with Gasteiger partial charge in [0.1, 0.15) is 0 Å². The van der Waals surface area contributed by atoms with Crippen molar-refractivity contribution in [2.24, 2.45) is 0 Å². The Morgan fingerprint density at radius 2 is 2.25 bits per heavy atom. The first-order valence-corrected chi connectivity index (χ1v) is 5.34. The van der Waals surface area contributed by atoms with Crippen molar-refractivity contribution >= 4 is 5.69 Å². The monoisotopic (exact) mass is 222 g/mol. The van der Waals surface area contributed by atoms with E-state index >= 15 is 0 Å². The van der Waals surface area contributed by atoms with Crippen LogP contribution in [0.4, 0.5) is 5.69 Å². The van der Waals surface area contributed by atoms with Crippen LogP contribution in [0.2, 0.25) is 0 Å². The fraction of sp³-hybridized carbons (Fsp3) is 0.455. The molecule has 16 heavy (non-hydrogen) atoms. The maximum atomic E-state index is 10.8. The summed E-state index contributed by atoms with van der Waals surface area (Å²) in [5.74, 6) is 0.0268. The van der Waals surface area contributed by atoms with Crippen LogP contribution in [0.1, 0.15) is 24.0 Å². The van der Waals surface area contributed by atoms with Crippen LogP contribution in [0, 0.1) is 10.1 Å². The number of hydrogen-bond donors (Lipinski definition) is 2. The third kappa shape index (κ3) is 1.74. The van der Waals surface area contributed by atoms with Gasteiger partial charge in [-0.15, -0.1) is 0 Å². The van der Waals surface area contributed by atoms with Crippen LogP contribution in [0.15, 0.2) is 12.1 Å². The molecule has 0 saturated carbocycles. The largest absolute Gasteiger partial charge is 0.502 e. The smallest absolute Gasteiger partial charge is 0.311 e. The van der Waals surface area contributed by atoms with Crippen molar-refractivity contribution in [3.8, 4) is 5.75 Å². The van der Waals surface area contributed by atoms with Crippen molar-refractivity contribution in [3.63, 3.8) is 0 Å². The molecule has 1 aromatic carbocycles. The number of aryl methyl sites for hydroxylation is 1. The molecule has 2 rings (SSSR count). The minimum absolute atomic E-state index is 0.172. The van der Waals surface area contributed by atoms with Crippen molar-refractivity contribution in [1.82, 2.24) is 5.32 Å². The molecule has 0 aromatic heterocycles. The fourth-order valence-corrected chi connectivity index (χ4v) is 1.86. The standard InChI is InChI=1S/C11H14N2O3/c1-2-7-3-9(8-5-12-6-8)11(14)10(4-7)13(15)16/h3-4,8,12,14H,2,5-6H2,1H3. The van der Waals surface area contributed by atoms with Crippen LogP contribution < -0.4 is 5.32 Å². The number of aromatic hydroxyl groups is 1. The second kappa shape index (κ2) is 4.09. The van der Waals surface area contributed by atoms with Gasteiger partial charge >= 0.3 is 5.69 Å². The van der Waals surface area contributed by atoms with E-state index in [0.29, 0.717) is 5.56 Å². The lowest BCUT2D eigenvalue weighted by molar-refractivity contribution is -0.386. The van der Waals surface area contributed by atoms with E-state index in [2.05, 4.69) is 5.32 Å². The first-order chi connectivity index (χ1) is 7.63. The van der Waals surface area contributed by atoms with E-state index in [4.69, 9.17) is 0 Å². The molecule has 1 heterocycles. The van der Waals surface area contributed by atoms with Gasteiger partial charge < -0.3 is 10.4 Å². The number of nitrogens with one attached hydrogen (secondary N) is 1. The van der Waals surface area contributed by atoms with E-state index in [0.717, 1.165) is 25.1 Å². The number of rotatable bonds is 3. The van der Waals surface area contributed by atoms with Crippen molar-refractivity contribution in [3.05, 3.63) is 33.4 Å². The molecule has 0 radical (unpaired) electrons. The zero-order valence-electron chi connectivity index (χ0n) is 9.06. The van der Waals surface area contributed by atoms with Gasteiger partial charge in [0.2, 0.25) is 0 Å². The molecule has 2 N–H and O–H groups in total. The summed E-state index contributed by atoms with van der Waals surface area (Å²) in [6, 6.07) is 3.32. The molecule has 0 spiro atoms. The molecule has 0 bridgehead atoms. The van der Waals surface area contributed by atoms with Gasteiger partial charge in [-0.25, -0.2) is 0 Å². The highest BCUT2D eigenvalue weighted by Gasteiger charge is 2.27. The number of benzene rings is 1. The highest BCUT2D eigenvalue weighted by molar-refractivity contribution is 5.55. The minimum Gasteiger partial charge on any atom is -0.502 e. The van der Waals surface area contributed by atoms with Gasteiger partial charge in [0, 0.05) is 30.6 Å². The Morgan fingerprint density at radius 3 is 2.69 bits per heavy atom. The fourth-order valence-electron chi connectivity index (χ4n) is 1.86. The van der Waals surface area contributed by atoms with Crippen LogP contribution in [0.25, 0.3) is 0 Å². The summed E-state index contributed by atoms with van der Waals surface area (Å²) >= 11 is 0. The van der Waals surface area contributed by atoms with Gasteiger partial charge in [-0.2, -0.15) is 0 Å². The van der Waals surface area contributed by atoms with Crippen molar-refractivity contribution in [2.75, 3.05) is 13.1 Å². The number of nitro benzene ring substituents is 1. The summed E-state index contributed by atoms with van der Waals surface area (Å²) in [6.45, 7) is 3.49. The lowest BCUT2D eigenvalue weighted by Crippen LogP contribution is -2.39. The van der Waals surface area contributed by atoms with E-state index in [9.17, 15) is 15.2 Å². The number of nitrogens with zero attached hydrogens (tertiary/aromatic N) is 1. The van der Waals surface area contributed by atoms with Gasteiger partial charge in [0.05, 0.1) is 4.92 Å². The lowest BCUT2D eigenvalue weighted by atomic mass is 9.90. The Bertz CT molecular complexity index is 427. The van der Waals surface area contributed by atoms with Crippen molar-refractivity contribution < 1.29 is 10.0 Å². The Morgan fingerprint density at radius 1 is 1.56 bits per heavy atom. The van der Waals surface area contributed by atoms with Crippen LogP contribution in [-0.2, 0) is 6.42 Å². The molecular weight excluding hydrogens is 208 g/mol. The van der Waals surface area contributed by atoms with Gasteiger partial charge in [-0.3, -0.25) is 10.1 Å². The molecule has 0 amide bonds. The maximum absolute atomic E-state index is 10.8. The molecular formula is C11H14N2O3. The van der Waals surface area contributed by atoms with Crippen LogP contribution in [-0.4, -0.2) is 23.1 Å². The maximum Gasteiger partial charge on any atom is 0.311 e. The first kappa shape index (κ1) is 10.9. The number of phenols is 1. The molecule has 0 aliphatic carbocycles. The second-order valence-corrected chi connectivity index (χ2v) is 4.02. The SMILES string of the molecule is CCc1cc(C2CNC2)c(O)c([N+](=O)[O-])c1. The molecule has 86 valence electrons. The molecule has 0 unspecified atom stereocenters. The van der Waals surface area contributed by atoms with Gasteiger partial charge in [-0.05, 0) is 12.0 Å². The van der Waals surface area contributed by atoms with Crippen molar-refractivity contribution in [2.45, 2.75) is 19.3 Å². The van der Waals surface area contributed by atoms with E-state index < -0.39 is 4.92 Å². The molecule has 0 atom stereocenters. The van der Waals surface area contributed by atoms with Crippen LogP contribution >= 0.6 is 0 Å². The quantitative estimate of drug-likeness (QED) is 0.601. The van der Waals surface area contributed by atoms with Crippen LogP contribution in [0.5, 0.6) is 5.75 Å². The van der Waals surface area contributed by atoms with E-state index in [-0.39, 0.29) is 17.4 Å². The highest BCUT2D eigenvalue weighted by Crippen LogP contribution is 2.37. The third-order valence-corrected chi connectivity index (χ3v) is 3.01. The molecule has 1 fully saturated rings. The topological polar surface area (TPSA) is 75.4 Å². The number of nitro groups is 1. The Hall–Kier alpha value is -1.62. The zero-order chi connectivity index (χ0) is 11.7. The van der Waals surface area contributed by atoms with Gasteiger partial charge in [-0.1, -0.05) is 13.0 Å². The average Bonchev–Trinajstić information content (AvgIpc) is 2.17. The summed E-state index contributed by atoms with van der Waals surface area (Å²) in [4.78, 5) is 10.3. The predicted molar refractivity (Wildman–Crippen MR) is 59.7 cm³/mol. The predicted octanol–water partition coefficient (Wildman–Crippen LogP) is 1.55. The molecule has 1 saturated heterocycles. The van der Waals surface area contributed by atoms with Gasteiger partial charge in [0.25, 0.3) is 0 Å². The minimum atomic E-state index is -0.524. The third-order valence-electron chi connectivity index (χ3n) is 3.01. The Labute approximate surface area is 93.2 Å². The molecule has 1 aromatic rings. The number of hydrogen-bond acceptors (Lipinski definition) is 4. The molecule has 1 aliphatic heterocycles. The van der Waals surface area contributed by atoms with Gasteiger partial charge in [0.15, 0.2) is 5.75 Å². The summed E-state index contributed by atoms with van der Waals surface area (Å²) < 4.78 is 0. The lowest BCUT2D eigenvalue weighted by Gasteiger charge is -2.28. The Balaban J connectivity index is 2.49. The van der Waals surface area contributed by atoms with Crippen molar-refractivity contribution in [1.29, 1.82) is 0 Å². The summed E-state index contributed by atoms with van der Waals surface area (Å²) in [5, 5.41) is 23.7. The van der Waals surface area contributed by atoms with E-state index in [1.54, 1.807) is 0 Å². The zero-order valence-corrected chi connectivity index (χ0v) is 9.06. The summed E-state index contributed by atoms with van der Waals surface area (Å²) in [7, 11) is 0. The molecule has 5 nitrogen and oxygen atoms in total. The first-order valence-electron chi connectivity index (χ1n) is 5.34. The summed E-state index contributed by atoms with van der Waals surface area (Å²) in [6.07, 6.45) is 0.730. The molecule has 5 heteroatoms.